The van der Waals surface area contributed by atoms with Gasteiger partial charge < -0.3 is 5.73 Å². The van der Waals surface area contributed by atoms with Crippen molar-refractivity contribution in [1.29, 1.82) is 0 Å². The zero-order chi connectivity index (χ0) is 11.1. The summed E-state index contributed by atoms with van der Waals surface area (Å²) in [4.78, 5) is 16.7. The lowest BCUT2D eigenvalue weighted by atomic mass is 10.1. The second-order valence-corrected chi connectivity index (χ2v) is 4.22. The van der Waals surface area contributed by atoms with Gasteiger partial charge in [-0.2, -0.15) is 0 Å². The molecule has 0 radical (unpaired) electrons. The summed E-state index contributed by atoms with van der Waals surface area (Å²) in [5.74, 6) is 0.898. The molecule has 0 spiro atoms. The first-order chi connectivity index (χ1) is 7.75. The van der Waals surface area contributed by atoms with E-state index in [1.807, 2.05) is 0 Å². The highest BCUT2D eigenvalue weighted by Crippen LogP contribution is 2.16. The third-order valence-electron chi connectivity index (χ3n) is 3.09. The minimum atomic E-state index is 0.0692. The largest absolute Gasteiger partial charge is 0.399 e. The van der Waals surface area contributed by atoms with Crippen molar-refractivity contribution < 1.29 is 0 Å². The number of aromatic nitrogens is 2. The minimum Gasteiger partial charge on any atom is -0.399 e. The van der Waals surface area contributed by atoms with Crippen LogP contribution >= 0.6 is 0 Å². The van der Waals surface area contributed by atoms with Gasteiger partial charge in [0.1, 0.15) is 5.82 Å². The minimum absolute atomic E-state index is 0.0692. The molecule has 0 bridgehead atoms. The average Bonchev–Trinajstić information content (AvgIpc) is 2.29. The highest BCUT2D eigenvalue weighted by atomic mass is 16.1. The molecule has 16 heavy (non-hydrogen) atoms. The maximum absolute atomic E-state index is 12.2. The maximum atomic E-state index is 12.2. The Bertz CT molecular complexity index is 615. The molecule has 2 heterocycles. The van der Waals surface area contributed by atoms with Crippen molar-refractivity contribution in [2.45, 2.75) is 25.8 Å². The second kappa shape index (κ2) is 3.33. The van der Waals surface area contributed by atoms with Gasteiger partial charge >= 0.3 is 0 Å². The van der Waals surface area contributed by atoms with Crippen LogP contribution in [0.4, 0.5) is 5.69 Å². The number of anilines is 1. The predicted octanol–water partition coefficient (Wildman–Crippen LogP) is 1.31. The number of nitrogen functional groups attached to an aromatic ring is 1. The lowest BCUT2D eigenvalue weighted by Crippen LogP contribution is -2.28. The highest BCUT2D eigenvalue weighted by molar-refractivity contribution is 5.80. The van der Waals surface area contributed by atoms with Crippen LogP contribution in [-0.4, -0.2) is 9.55 Å². The van der Waals surface area contributed by atoms with Crippen LogP contribution in [0.1, 0.15) is 18.7 Å². The first-order valence-electron chi connectivity index (χ1n) is 5.55. The van der Waals surface area contributed by atoms with Crippen molar-refractivity contribution in [2.24, 2.45) is 0 Å². The van der Waals surface area contributed by atoms with Crippen molar-refractivity contribution in [3.63, 3.8) is 0 Å². The summed E-state index contributed by atoms with van der Waals surface area (Å²) in [5.41, 5.74) is 7.14. The molecule has 1 aliphatic rings. The smallest absolute Gasteiger partial charge is 0.261 e. The average molecular weight is 215 g/mol. The molecule has 0 unspecified atom stereocenters. The quantitative estimate of drug-likeness (QED) is 0.674. The summed E-state index contributed by atoms with van der Waals surface area (Å²) in [5, 5.41) is 0.667. The predicted molar refractivity (Wildman–Crippen MR) is 63.4 cm³/mol. The molecule has 1 aromatic carbocycles. The van der Waals surface area contributed by atoms with Crippen LogP contribution in [0.15, 0.2) is 23.0 Å². The lowest BCUT2D eigenvalue weighted by molar-refractivity contribution is 0.501. The van der Waals surface area contributed by atoms with Gasteiger partial charge in [0.2, 0.25) is 0 Å². The first-order valence-corrected chi connectivity index (χ1v) is 5.55. The van der Waals surface area contributed by atoms with E-state index in [0.717, 1.165) is 37.1 Å². The van der Waals surface area contributed by atoms with Crippen LogP contribution < -0.4 is 11.3 Å². The molecule has 0 aliphatic carbocycles. The van der Waals surface area contributed by atoms with E-state index < -0.39 is 0 Å². The Hall–Kier alpha value is -1.84. The van der Waals surface area contributed by atoms with Crippen LogP contribution in [0.5, 0.6) is 0 Å². The van der Waals surface area contributed by atoms with E-state index in [1.165, 1.54) is 0 Å². The normalized spacial score (nSPS) is 15.0. The van der Waals surface area contributed by atoms with Gasteiger partial charge in [-0.05, 0) is 31.0 Å². The molecule has 2 aromatic rings. The lowest BCUT2D eigenvalue weighted by Gasteiger charge is -2.17. The fourth-order valence-electron chi connectivity index (χ4n) is 2.26. The number of nitrogens with zero attached hydrogens (tertiary/aromatic N) is 2. The Kier molecular flexibility index (Phi) is 1.96. The number of hydrogen-bond donors (Lipinski definition) is 1. The van der Waals surface area contributed by atoms with Gasteiger partial charge in [-0.25, -0.2) is 4.98 Å². The van der Waals surface area contributed by atoms with Crippen molar-refractivity contribution in [3.05, 3.63) is 34.4 Å². The summed E-state index contributed by atoms with van der Waals surface area (Å²) < 4.78 is 1.79. The van der Waals surface area contributed by atoms with Crippen LogP contribution in [0.2, 0.25) is 0 Å². The van der Waals surface area contributed by atoms with E-state index in [1.54, 1.807) is 22.8 Å². The molecule has 2 N–H and O–H groups in total. The molecule has 1 aromatic heterocycles. The molecule has 0 amide bonds. The van der Waals surface area contributed by atoms with Crippen molar-refractivity contribution in [3.8, 4) is 0 Å². The fraction of sp³-hybridized carbons (Fsp3) is 0.333. The van der Waals surface area contributed by atoms with E-state index >= 15 is 0 Å². The molecule has 0 saturated heterocycles. The zero-order valence-electron chi connectivity index (χ0n) is 8.94. The Balaban J connectivity index is 2.39. The van der Waals surface area contributed by atoms with Gasteiger partial charge in [0.05, 0.1) is 10.9 Å². The van der Waals surface area contributed by atoms with Crippen LogP contribution in [-0.2, 0) is 13.0 Å². The molecule has 4 heteroatoms. The molecule has 3 rings (SSSR count). The molecule has 4 nitrogen and oxygen atoms in total. The highest BCUT2D eigenvalue weighted by Gasteiger charge is 2.14. The second-order valence-electron chi connectivity index (χ2n) is 4.22. The number of nitrogens with two attached hydrogens (primary N) is 1. The molecule has 0 fully saturated rings. The third kappa shape index (κ3) is 1.30. The van der Waals surface area contributed by atoms with E-state index in [9.17, 15) is 4.79 Å². The first kappa shape index (κ1) is 9.39. The Labute approximate surface area is 92.7 Å². The van der Waals surface area contributed by atoms with Crippen LogP contribution in [0.25, 0.3) is 10.9 Å². The Morgan fingerprint density at radius 1 is 1.31 bits per heavy atom. The van der Waals surface area contributed by atoms with Gasteiger partial charge in [0, 0.05) is 18.7 Å². The molecule has 0 atom stereocenters. The molecule has 1 aliphatic heterocycles. The van der Waals surface area contributed by atoms with Crippen LogP contribution in [0, 0.1) is 0 Å². The van der Waals surface area contributed by atoms with Gasteiger partial charge in [0.15, 0.2) is 0 Å². The fourth-order valence-corrected chi connectivity index (χ4v) is 2.26. The zero-order valence-corrected chi connectivity index (χ0v) is 8.94. The number of benzene rings is 1. The molecule has 0 saturated carbocycles. The standard InChI is InChI=1S/C12H13N3O/c13-8-4-5-9-10(7-8)14-11-3-1-2-6-15(11)12(9)16/h4-5,7H,1-3,6,13H2. The monoisotopic (exact) mass is 215 g/mol. The van der Waals surface area contributed by atoms with Crippen molar-refractivity contribution in [2.75, 3.05) is 5.73 Å². The van der Waals surface area contributed by atoms with Crippen molar-refractivity contribution in [1.82, 2.24) is 9.55 Å². The number of fused-ring (bicyclic) bond motifs is 2. The Morgan fingerprint density at radius 3 is 3.06 bits per heavy atom. The maximum Gasteiger partial charge on any atom is 0.261 e. The molecule has 82 valence electrons. The molecular weight excluding hydrogens is 202 g/mol. The number of rotatable bonds is 0. The molecular formula is C12H13N3O. The summed E-state index contributed by atoms with van der Waals surface area (Å²) >= 11 is 0. The van der Waals surface area contributed by atoms with Gasteiger partial charge in [0.25, 0.3) is 5.56 Å². The van der Waals surface area contributed by atoms with E-state index in [-0.39, 0.29) is 5.56 Å². The summed E-state index contributed by atoms with van der Waals surface area (Å²) in [6, 6.07) is 5.29. The van der Waals surface area contributed by atoms with Gasteiger partial charge in [-0.1, -0.05) is 0 Å². The van der Waals surface area contributed by atoms with Gasteiger partial charge in [-0.3, -0.25) is 9.36 Å². The van der Waals surface area contributed by atoms with Gasteiger partial charge in [-0.15, -0.1) is 0 Å². The van der Waals surface area contributed by atoms with E-state index in [0.29, 0.717) is 11.1 Å². The summed E-state index contributed by atoms with van der Waals surface area (Å²) in [6.45, 7) is 0.793. The topological polar surface area (TPSA) is 60.9 Å². The number of hydrogen-bond acceptors (Lipinski definition) is 3. The number of aryl methyl sites for hydroxylation is 1. The van der Waals surface area contributed by atoms with Crippen LogP contribution in [0.3, 0.4) is 0 Å². The Morgan fingerprint density at radius 2 is 2.19 bits per heavy atom. The van der Waals surface area contributed by atoms with Crippen molar-refractivity contribution >= 4 is 16.6 Å². The van der Waals surface area contributed by atoms with E-state index in [2.05, 4.69) is 4.98 Å². The third-order valence-corrected chi connectivity index (χ3v) is 3.09. The SMILES string of the molecule is Nc1ccc2c(=O)n3c(nc2c1)CCCC3. The van der Waals surface area contributed by atoms with E-state index in [4.69, 9.17) is 5.73 Å². The summed E-state index contributed by atoms with van der Waals surface area (Å²) in [7, 11) is 0. The summed E-state index contributed by atoms with van der Waals surface area (Å²) in [6.07, 6.45) is 3.06.